The fourth-order valence-corrected chi connectivity index (χ4v) is 9.54. The normalized spacial score (nSPS) is 36.1. The zero-order chi connectivity index (χ0) is 54.9. The van der Waals surface area contributed by atoms with Gasteiger partial charge in [0.25, 0.3) is 8.25 Å². The Kier molecular flexibility index (Phi) is 54.4. The van der Waals surface area contributed by atoms with Crippen LogP contribution >= 0.6 is 8.25 Å². The van der Waals surface area contributed by atoms with Crippen LogP contribution in [0.5, 0.6) is 0 Å². The van der Waals surface area contributed by atoms with Crippen LogP contribution in [-0.2, 0) is 28.2 Å². The molecule has 5 rings (SSSR count). The molecule has 24 heteroatoms. The van der Waals surface area contributed by atoms with Crippen molar-refractivity contribution in [1.29, 1.82) is 0 Å². The Morgan fingerprint density at radius 1 is 0.342 bits per heavy atom. The minimum Gasteiger partial charge on any atom is -0.598 e. The largest absolute Gasteiger partial charge is 1.00 e. The molecule has 5 radical (unpaired) electrons. The van der Waals surface area contributed by atoms with Gasteiger partial charge in [0.2, 0.25) is 0 Å². The van der Waals surface area contributed by atoms with Gasteiger partial charge >= 0.3 is 59.1 Å². The molecule has 5 aliphatic rings. The van der Waals surface area contributed by atoms with Crippen LogP contribution in [0, 0.1) is 281 Å². The van der Waals surface area contributed by atoms with Crippen molar-refractivity contribution < 1.29 is 359 Å². The SMILES string of the molecule is CC1O[C@H](C)C(C)(C)C(O)C1(C)C.CC1O[C@H](C)C(C)(C)C(O)C1(C)C.CC1O[C@H](O)C(C)(C)C(O)C1(C)C.CC1O[C@H](O)C(C)(C)C(O)C1(C)C.CC1O[CH-]C(C)(C)[C@@H](O)C1(C)C.O.O=[P+]([O-])[O-].[Ac].[Ac].[Ac].[Ac].[Ac].[Na+].[Na+]. The number of rotatable bonds is 0. The maximum Gasteiger partial charge on any atom is 1.00 e. The molecule has 5 heterocycles. The second-order valence-corrected chi connectivity index (χ2v) is 26.9. The molecule has 431 valence electrons. The smallest absolute Gasteiger partial charge is 0.598 e. The van der Waals surface area contributed by atoms with Gasteiger partial charge in [0.15, 0.2) is 12.6 Å². The first-order valence-corrected chi connectivity index (χ1v) is 25.6. The molecule has 16 nitrogen and oxygen atoms in total. The van der Waals surface area contributed by atoms with Gasteiger partial charge in [0.05, 0.1) is 61.0 Å². The summed E-state index contributed by atoms with van der Waals surface area (Å²) in [4.78, 5) is 17.0. The fraction of sp³-hybridized carbons (Fsp3) is 0.981. The van der Waals surface area contributed by atoms with Gasteiger partial charge in [0.1, 0.15) is 0 Å². The first-order chi connectivity index (χ1) is 29.8. The molecule has 14 atom stereocenters. The fourth-order valence-electron chi connectivity index (χ4n) is 9.54. The van der Waals surface area contributed by atoms with Gasteiger partial charge in [-0.2, -0.15) is 0 Å². The summed E-state index contributed by atoms with van der Waals surface area (Å²) in [5.41, 5.74) is -2.87. The number of aliphatic hydroxyl groups excluding tert-OH is 7. The van der Waals surface area contributed by atoms with E-state index in [1.807, 2.05) is 132 Å². The Bertz CT molecular complexity index is 1350. The van der Waals surface area contributed by atoms with E-state index in [0.29, 0.717) is 0 Å². The van der Waals surface area contributed by atoms with E-state index < -0.39 is 43.9 Å². The summed E-state index contributed by atoms with van der Waals surface area (Å²) in [5.74, 6) is 0. The Hall–Kier alpha value is 8.71. The van der Waals surface area contributed by atoms with Gasteiger partial charge in [-0.05, 0) is 48.5 Å². The van der Waals surface area contributed by atoms with Crippen molar-refractivity contribution in [2.75, 3.05) is 0 Å². The van der Waals surface area contributed by atoms with Gasteiger partial charge in [-0.1, -0.05) is 143 Å². The summed E-state index contributed by atoms with van der Waals surface area (Å²) in [7, 11) is -3.37. The van der Waals surface area contributed by atoms with Crippen molar-refractivity contribution in [3.8, 4) is 0 Å². The summed E-state index contributed by atoms with van der Waals surface area (Å²) in [5, 5.41) is 69.9. The summed E-state index contributed by atoms with van der Waals surface area (Å²) < 4.78 is 36.4. The van der Waals surface area contributed by atoms with Crippen molar-refractivity contribution in [3.63, 3.8) is 0 Å². The number of aliphatic hydroxyl groups is 7. The third kappa shape index (κ3) is 26.4. The molecular formula is C52H105Ac5Na2O16P. The minimum atomic E-state index is -3.37. The molecule has 9 unspecified atom stereocenters. The molecule has 0 bridgehead atoms. The summed E-state index contributed by atoms with van der Waals surface area (Å²) in [6, 6.07) is 0. The summed E-state index contributed by atoms with van der Waals surface area (Å²) >= 11 is 0. The number of ether oxygens (including phenoxy) is 5. The van der Waals surface area contributed by atoms with Gasteiger partial charge in [0, 0.05) is 281 Å². The maximum absolute atomic E-state index is 10.2. The van der Waals surface area contributed by atoms with Crippen molar-refractivity contribution >= 4 is 8.25 Å². The van der Waals surface area contributed by atoms with E-state index in [-0.39, 0.29) is 389 Å². The van der Waals surface area contributed by atoms with Crippen LogP contribution in [0.1, 0.15) is 187 Å². The van der Waals surface area contributed by atoms with Crippen LogP contribution in [0.3, 0.4) is 0 Å². The van der Waals surface area contributed by atoms with E-state index in [4.69, 9.17) is 38.0 Å². The van der Waals surface area contributed by atoms with Crippen molar-refractivity contribution in [2.45, 2.75) is 273 Å². The molecule has 0 amide bonds. The number of hydrogen-bond donors (Lipinski definition) is 7. The molecule has 0 saturated carbocycles. The maximum atomic E-state index is 10.2. The average molecular weight is 2200 g/mol. The van der Waals surface area contributed by atoms with E-state index in [9.17, 15) is 35.7 Å². The van der Waals surface area contributed by atoms with Gasteiger partial charge in [-0.15, -0.1) is 5.41 Å². The summed E-state index contributed by atoms with van der Waals surface area (Å²) in [6.45, 7) is 55.3. The monoisotopic (exact) mass is 2200 g/mol. The van der Waals surface area contributed by atoms with E-state index in [0.717, 1.165) is 0 Å². The van der Waals surface area contributed by atoms with E-state index in [1.54, 1.807) is 6.61 Å². The van der Waals surface area contributed by atoms with Crippen LogP contribution in [-0.4, -0.2) is 127 Å². The van der Waals surface area contributed by atoms with E-state index in [1.165, 1.54) is 0 Å². The molecule has 5 aliphatic heterocycles. The zero-order valence-corrected chi connectivity index (χ0v) is 81.5. The van der Waals surface area contributed by atoms with Crippen LogP contribution in [0.2, 0.25) is 0 Å². The minimum absolute atomic E-state index is 0. The average Bonchev–Trinajstić information content (AvgIpc) is 3.19. The van der Waals surface area contributed by atoms with Crippen molar-refractivity contribution in [1.82, 2.24) is 0 Å². The topological polar surface area (TPSA) is 282 Å². The predicted octanol–water partition coefficient (Wildman–Crippen LogP) is 0.215. The second-order valence-electron chi connectivity index (χ2n) is 26.4. The molecule has 0 aromatic heterocycles. The first-order valence-electron chi connectivity index (χ1n) is 24.5. The predicted molar refractivity (Wildman–Crippen MR) is 267 cm³/mol. The second kappa shape index (κ2) is 40.0. The van der Waals surface area contributed by atoms with Crippen LogP contribution in [0.4, 0.5) is 0 Å². The van der Waals surface area contributed by atoms with Gasteiger partial charge < -0.3 is 74.7 Å². The third-order valence-electron chi connectivity index (χ3n) is 17.7. The molecular weight excluding hydrogens is 2090 g/mol. The molecule has 76 heavy (non-hydrogen) atoms. The standard InChI is InChI=1S/2C11H22O2.2C10H20O3.C10H19O2.5Ac.2Na.HO3P.H2O/c2*1-7-10(3,4)9(12)11(5,6)8(2)13-7;2*1-6-9(2,3)7(11)10(4,5)8(12)13-6;1-7-10(4,5)8(11)9(2,3)6-12-7;;;;;;;;1-4(2)3;/h2*7-9,12H,1-6H3;2*6-8,11-12H,1-5H3;6-8,11H,1-5H3;;;;;;;;(H,1,2,3);1H2/q;;;;-1;;;;;;2*+1;;/p-1/t2*7-,8?,9?;2*6?,7?,8-;7?,8-;;;;;;;;;/m11001........./s1. The quantitative estimate of drug-likeness (QED) is 0.0971. The zero-order valence-electron chi connectivity index (χ0n) is 52.9. The molecule has 0 aromatic rings. The molecule has 9 N–H and O–H groups in total. The van der Waals surface area contributed by atoms with Gasteiger partial charge in [-0.25, -0.2) is 6.61 Å². The molecule has 0 aliphatic carbocycles. The molecule has 0 spiro atoms. The van der Waals surface area contributed by atoms with Crippen LogP contribution < -0.4 is 68.9 Å². The Labute approximate surface area is 687 Å². The Morgan fingerprint density at radius 2 is 0.500 bits per heavy atom. The van der Waals surface area contributed by atoms with Crippen molar-refractivity contribution in [2.24, 2.45) is 54.1 Å². The van der Waals surface area contributed by atoms with Crippen molar-refractivity contribution in [3.05, 3.63) is 6.61 Å². The Balaban J connectivity index is -0.000000101. The van der Waals surface area contributed by atoms with Gasteiger partial charge in [-0.3, -0.25) is 0 Å². The van der Waals surface area contributed by atoms with E-state index >= 15 is 0 Å². The van der Waals surface area contributed by atoms with Crippen LogP contribution in [0.25, 0.3) is 0 Å². The first kappa shape index (κ1) is 104. The third-order valence-corrected chi connectivity index (χ3v) is 17.7. The molecule has 0 aromatic carbocycles. The molecule has 5 fully saturated rings. The van der Waals surface area contributed by atoms with Crippen LogP contribution in [0.15, 0.2) is 0 Å². The molecule has 5 saturated heterocycles. The Morgan fingerprint density at radius 3 is 0.684 bits per heavy atom. The van der Waals surface area contributed by atoms with E-state index in [2.05, 4.69) is 55.4 Å². The number of hydrogen-bond acceptors (Lipinski definition) is 15. The summed E-state index contributed by atoms with van der Waals surface area (Å²) in [6.07, 6.45) is -3.55.